The first-order chi connectivity index (χ1) is 15.3. The number of non-ortho nitro benzene ring substituents is 1. The van der Waals surface area contributed by atoms with E-state index in [1.165, 1.54) is 36.4 Å². The van der Waals surface area contributed by atoms with Crippen molar-refractivity contribution in [1.29, 1.82) is 0 Å². The maximum atomic E-state index is 13.1. The number of carbonyl (C=O) groups is 1. The Balaban J connectivity index is 1.60. The molecule has 9 nitrogen and oxygen atoms in total. The van der Waals surface area contributed by atoms with Crippen molar-refractivity contribution < 1.29 is 18.9 Å². The number of anilines is 1. The third-order valence-corrected chi connectivity index (χ3v) is 5.93. The quantitative estimate of drug-likeness (QED) is 0.350. The van der Waals surface area contributed by atoms with Crippen LogP contribution in [0.15, 0.2) is 45.6 Å². The molecule has 1 fully saturated rings. The molecule has 0 saturated carbocycles. The first-order valence-electron chi connectivity index (χ1n) is 10.2. The summed E-state index contributed by atoms with van der Waals surface area (Å²) < 4.78 is 10.4. The highest BCUT2D eigenvalue weighted by atomic mass is 16.6. The number of hydrogen-bond donors (Lipinski definition) is 0. The topological polar surface area (TPSA) is 106 Å². The van der Waals surface area contributed by atoms with Crippen molar-refractivity contribution in [3.05, 3.63) is 73.6 Å². The van der Waals surface area contributed by atoms with Crippen molar-refractivity contribution in [3.63, 3.8) is 0 Å². The monoisotopic (exact) mass is 437 g/mol. The van der Waals surface area contributed by atoms with Crippen molar-refractivity contribution in [2.24, 2.45) is 0 Å². The molecule has 1 aliphatic rings. The predicted molar refractivity (Wildman–Crippen MR) is 120 cm³/mol. The SMILES string of the molecule is COc1cc([N+](=O)[O-])cc2cc(C(=O)N3CCN(c4cccc(C)c4C)CC3)c(=O)oc12. The van der Waals surface area contributed by atoms with Crippen LogP contribution in [0.4, 0.5) is 11.4 Å². The average Bonchev–Trinajstić information content (AvgIpc) is 2.79. The molecule has 0 unspecified atom stereocenters. The van der Waals surface area contributed by atoms with Crippen LogP contribution in [0.2, 0.25) is 0 Å². The van der Waals surface area contributed by atoms with E-state index in [0.717, 1.165) is 5.69 Å². The minimum Gasteiger partial charge on any atom is -0.493 e. The standard InChI is InChI=1S/C23H23N3O6/c1-14-5-4-6-19(15(14)2)24-7-9-25(10-8-24)22(27)18-12-16-11-17(26(29)30)13-20(31-3)21(16)32-23(18)28/h4-6,11-13H,7-10H2,1-3H3. The Morgan fingerprint density at radius 1 is 1.12 bits per heavy atom. The van der Waals surface area contributed by atoms with Crippen LogP contribution in [0.3, 0.4) is 0 Å². The molecule has 3 aromatic rings. The maximum Gasteiger partial charge on any atom is 0.349 e. The Hall–Kier alpha value is -3.88. The molecule has 2 heterocycles. The van der Waals surface area contributed by atoms with Gasteiger partial charge in [0.25, 0.3) is 11.6 Å². The number of nitrogens with zero attached hydrogens (tertiary/aromatic N) is 3. The summed E-state index contributed by atoms with van der Waals surface area (Å²) >= 11 is 0. The number of rotatable bonds is 4. The molecule has 1 amide bonds. The van der Waals surface area contributed by atoms with Crippen LogP contribution in [0.25, 0.3) is 11.0 Å². The molecule has 2 aromatic carbocycles. The fraction of sp³-hybridized carbons (Fsp3) is 0.304. The normalized spacial score (nSPS) is 14.0. The fourth-order valence-corrected chi connectivity index (χ4v) is 3.99. The Bertz CT molecular complexity index is 1270. The summed E-state index contributed by atoms with van der Waals surface area (Å²) in [6.45, 7) is 6.30. The molecule has 32 heavy (non-hydrogen) atoms. The number of ether oxygens (including phenoxy) is 1. The molecule has 0 N–H and O–H groups in total. The number of methoxy groups -OCH3 is 1. The highest BCUT2D eigenvalue weighted by Crippen LogP contribution is 2.31. The lowest BCUT2D eigenvalue weighted by atomic mass is 10.1. The van der Waals surface area contributed by atoms with E-state index in [4.69, 9.17) is 9.15 Å². The van der Waals surface area contributed by atoms with Gasteiger partial charge >= 0.3 is 5.63 Å². The third-order valence-electron chi connectivity index (χ3n) is 5.93. The largest absolute Gasteiger partial charge is 0.493 e. The van der Waals surface area contributed by atoms with Crippen LogP contribution in [-0.2, 0) is 0 Å². The summed E-state index contributed by atoms with van der Waals surface area (Å²) in [6.07, 6.45) is 0. The van der Waals surface area contributed by atoms with Crippen LogP contribution < -0.4 is 15.3 Å². The number of carbonyl (C=O) groups excluding carboxylic acids is 1. The van der Waals surface area contributed by atoms with E-state index in [9.17, 15) is 19.7 Å². The predicted octanol–water partition coefficient (Wildman–Crippen LogP) is 3.29. The van der Waals surface area contributed by atoms with Gasteiger partial charge in [0.2, 0.25) is 0 Å². The zero-order valence-electron chi connectivity index (χ0n) is 18.1. The van der Waals surface area contributed by atoms with E-state index in [-0.39, 0.29) is 28.0 Å². The number of amides is 1. The van der Waals surface area contributed by atoms with Crippen molar-refractivity contribution in [2.75, 3.05) is 38.2 Å². The number of nitro benzene ring substituents is 1. The highest BCUT2D eigenvalue weighted by molar-refractivity contribution is 5.98. The Labute approximate surface area is 183 Å². The fourth-order valence-electron chi connectivity index (χ4n) is 3.99. The van der Waals surface area contributed by atoms with Crippen molar-refractivity contribution in [3.8, 4) is 5.75 Å². The summed E-state index contributed by atoms with van der Waals surface area (Å²) in [4.78, 5) is 40.1. The number of nitro groups is 1. The average molecular weight is 437 g/mol. The summed E-state index contributed by atoms with van der Waals surface area (Å²) in [5.41, 5.74) is 2.45. The maximum absolute atomic E-state index is 13.1. The molecule has 1 aromatic heterocycles. The van der Waals surface area contributed by atoms with Gasteiger partial charge in [0.1, 0.15) is 5.56 Å². The zero-order chi connectivity index (χ0) is 23.0. The van der Waals surface area contributed by atoms with Gasteiger partial charge in [-0.25, -0.2) is 4.79 Å². The highest BCUT2D eigenvalue weighted by Gasteiger charge is 2.26. The second-order valence-electron chi connectivity index (χ2n) is 7.77. The van der Waals surface area contributed by atoms with Crippen molar-refractivity contribution in [1.82, 2.24) is 4.90 Å². The van der Waals surface area contributed by atoms with Gasteiger partial charge in [0.05, 0.1) is 18.1 Å². The number of aryl methyl sites for hydroxylation is 1. The molecule has 4 rings (SSSR count). The van der Waals surface area contributed by atoms with Crippen molar-refractivity contribution >= 4 is 28.3 Å². The summed E-state index contributed by atoms with van der Waals surface area (Å²) in [7, 11) is 1.33. The number of piperazine rings is 1. The molecule has 0 atom stereocenters. The second kappa shape index (κ2) is 8.33. The van der Waals surface area contributed by atoms with E-state index >= 15 is 0 Å². The Morgan fingerprint density at radius 2 is 1.84 bits per heavy atom. The van der Waals surface area contributed by atoms with Crippen LogP contribution in [0, 0.1) is 24.0 Å². The van der Waals surface area contributed by atoms with Gasteiger partial charge in [0.15, 0.2) is 11.3 Å². The Morgan fingerprint density at radius 3 is 2.50 bits per heavy atom. The van der Waals surface area contributed by atoms with Gasteiger partial charge in [-0.3, -0.25) is 14.9 Å². The summed E-state index contributed by atoms with van der Waals surface area (Å²) in [5, 5.41) is 11.5. The lowest BCUT2D eigenvalue weighted by Gasteiger charge is -2.37. The van der Waals surface area contributed by atoms with Crippen LogP contribution in [0.5, 0.6) is 5.75 Å². The molecule has 0 radical (unpaired) electrons. The van der Waals surface area contributed by atoms with Gasteiger partial charge in [-0.1, -0.05) is 12.1 Å². The first-order valence-corrected chi connectivity index (χ1v) is 10.2. The molecule has 1 saturated heterocycles. The summed E-state index contributed by atoms with van der Waals surface area (Å²) in [6, 6.07) is 9.93. The molecule has 166 valence electrons. The minimum atomic E-state index is -0.799. The lowest BCUT2D eigenvalue weighted by Crippen LogP contribution is -2.49. The van der Waals surface area contributed by atoms with E-state index < -0.39 is 16.5 Å². The Kier molecular flexibility index (Phi) is 5.56. The van der Waals surface area contributed by atoms with Gasteiger partial charge < -0.3 is 19.0 Å². The third kappa shape index (κ3) is 3.77. The first kappa shape index (κ1) is 21.4. The van der Waals surface area contributed by atoms with Gasteiger partial charge in [-0.2, -0.15) is 0 Å². The van der Waals surface area contributed by atoms with Crippen LogP contribution >= 0.6 is 0 Å². The smallest absolute Gasteiger partial charge is 0.349 e. The number of fused-ring (bicyclic) bond motifs is 1. The van der Waals surface area contributed by atoms with Gasteiger partial charge in [0, 0.05) is 43.3 Å². The van der Waals surface area contributed by atoms with Crippen LogP contribution in [-0.4, -0.2) is 49.0 Å². The van der Waals surface area contributed by atoms with Crippen molar-refractivity contribution in [2.45, 2.75) is 13.8 Å². The molecule has 0 bridgehead atoms. The van der Waals surface area contributed by atoms with E-state index in [2.05, 4.69) is 30.9 Å². The molecule has 1 aliphatic heterocycles. The lowest BCUT2D eigenvalue weighted by molar-refractivity contribution is -0.384. The minimum absolute atomic E-state index is 0.0624. The molecular weight excluding hydrogens is 414 g/mol. The number of benzene rings is 2. The second-order valence-corrected chi connectivity index (χ2v) is 7.77. The molecule has 0 spiro atoms. The van der Waals surface area contributed by atoms with E-state index in [1.807, 2.05) is 6.07 Å². The zero-order valence-corrected chi connectivity index (χ0v) is 18.1. The van der Waals surface area contributed by atoms with Gasteiger partial charge in [-0.05, 0) is 37.1 Å². The molecule has 0 aliphatic carbocycles. The van der Waals surface area contributed by atoms with E-state index in [1.54, 1.807) is 4.90 Å². The molecular formula is C23H23N3O6. The molecule has 9 heteroatoms. The van der Waals surface area contributed by atoms with E-state index in [0.29, 0.717) is 26.2 Å². The van der Waals surface area contributed by atoms with Crippen LogP contribution in [0.1, 0.15) is 21.5 Å². The number of hydrogen-bond acceptors (Lipinski definition) is 7. The summed E-state index contributed by atoms with van der Waals surface area (Å²) in [5.74, 6) is -0.390. The van der Waals surface area contributed by atoms with Gasteiger partial charge in [-0.15, -0.1) is 0 Å².